The number of aliphatic hydroxyl groups is 1. The fraction of sp³-hybridized carbons (Fsp3) is 0.480. The SMILES string of the molecule is CN=C(NCC(CO)c1ccccc1)NCC1(NC(C)c2ccccc2)CCOCC1. The number of hydrogen-bond acceptors (Lipinski definition) is 4. The molecule has 1 aliphatic rings. The monoisotopic (exact) mass is 424 g/mol. The zero-order chi connectivity index (χ0) is 21.9. The van der Waals surface area contributed by atoms with E-state index in [-0.39, 0.29) is 24.1 Å². The highest BCUT2D eigenvalue weighted by atomic mass is 16.5. The van der Waals surface area contributed by atoms with E-state index < -0.39 is 0 Å². The maximum atomic E-state index is 9.82. The number of aliphatic hydroxyl groups excluding tert-OH is 1. The molecule has 4 N–H and O–H groups in total. The van der Waals surface area contributed by atoms with Gasteiger partial charge in [0.2, 0.25) is 0 Å². The van der Waals surface area contributed by atoms with Gasteiger partial charge in [-0.25, -0.2) is 0 Å². The first-order valence-corrected chi connectivity index (χ1v) is 11.2. The molecule has 0 amide bonds. The van der Waals surface area contributed by atoms with Crippen molar-refractivity contribution in [2.45, 2.75) is 37.3 Å². The molecule has 1 fully saturated rings. The first kappa shape index (κ1) is 23.3. The summed E-state index contributed by atoms with van der Waals surface area (Å²) in [5.74, 6) is 0.766. The Morgan fingerprint density at radius 3 is 2.19 bits per heavy atom. The number of aliphatic imine (C=N–C) groups is 1. The summed E-state index contributed by atoms with van der Waals surface area (Å²) in [4.78, 5) is 4.39. The zero-order valence-electron chi connectivity index (χ0n) is 18.7. The van der Waals surface area contributed by atoms with Crippen LogP contribution in [0.4, 0.5) is 0 Å². The molecule has 0 radical (unpaired) electrons. The summed E-state index contributed by atoms with van der Waals surface area (Å²) in [5.41, 5.74) is 2.33. The molecule has 6 nitrogen and oxygen atoms in total. The van der Waals surface area contributed by atoms with Crippen molar-refractivity contribution in [3.63, 3.8) is 0 Å². The van der Waals surface area contributed by atoms with Crippen LogP contribution in [-0.4, -0.2) is 56.6 Å². The Balaban J connectivity index is 1.59. The first-order chi connectivity index (χ1) is 15.2. The Morgan fingerprint density at radius 2 is 1.61 bits per heavy atom. The third-order valence-corrected chi connectivity index (χ3v) is 6.10. The molecule has 2 unspecified atom stereocenters. The summed E-state index contributed by atoms with van der Waals surface area (Å²) < 4.78 is 5.65. The second-order valence-electron chi connectivity index (χ2n) is 8.27. The van der Waals surface area contributed by atoms with Crippen LogP contribution >= 0.6 is 0 Å². The van der Waals surface area contributed by atoms with E-state index in [1.165, 1.54) is 5.56 Å². The van der Waals surface area contributed by atoms with Crippen LogP contribution in [0.25, 0.3) is 0 Å². The van der Waals surface area contributed by atoms with E-state index in [4.69, 9.17) is 4.74 Å². The third-order valence-electron chi connectivity index (χ3n) is 6.10. The normalized spacial score (nSPS) is 18.2. The van der Waals surface area contributed by atoms with Crippen LogP contribution in [0, 0.1) is 0 Å². The van der Waals surface area contributed by atoms with Crippen molar-refractivity contribution in [1.29, 1.82) is 0 Å². The van der Waals surface area contributed by atoms with Crippen molar-refractivity contribution in [1.82, 2.24) is 16.0 Å². The van der Waals surface area contributed by atoms with Gasteiger partial charge < -0.3 is 25.8 Å². The molecule has 3 rings (SSSR count). The Morgan fingerprint density at radius 1 is 1.00 bits per heavy atom. The molecule has 1 aliphatic heterocycles. The predicted octanol–water partition coefficient (Wildman–Crippen LogP) is 2.83. The highest BCUT2D eigenvalue weighted by Gasteiger charge is 2.34. The van der Waals surface area contributed by atoms with Gasteiger partial charge in [0.1, 0.15) is 0 Å². The summed E-state index contributed by atoms with van der Waals surface area (Å²) >= 11 is 0. The Labute approximate surface area is 186 Å². The predicted molar refractivity (Wildman–Crippen MR) is 126 cm³/mol. The lowest BCUT2D eigenvalue weighted by atomic mass is 9.88. The highest BCUT2D eigenvalue weighted by Crippen LogP contribution is 2.25. The van der Waals surface area contributed by atoms with Crippen molar-refractivity contribution in [2.24, 2.45) is 4.99 Å². The van der Waals surface area contributed by atoms with Crippen molar-refractivity contribution in [2.75, 3.05) is 40.0 Å². The molecule has 1 heterocycles. The van der Waals surface area contributed by atoms with Gasteiger partial charge in [0.05, 0.1) is 6.61 Å². The van der Waals surface area contributed by atoms with Crippen LogP contribution in [0.2, 0.25) is 0 Å². The van der Waals surface area contributed by atoms with Crippen LogP contribution < -0.4 is 16.0 Å². The molecule has 0 spiro atoms. The molecule has 0 aliphatic carbocycles. The third kappa shape index (κ3) is 6.79. The fourth-order valence-corrected chi connectivity index (χ4v) is 4.13. The van der Waals surface area contributed by atoms with Crippen molar-refractivity contribution in [3.8, 4) is 0 Å². The molecule has 6 heteroatoms. The molecule has 2 aromatic carbocycles. The quantitative estimate of drug-likeness (QED) is 0.368. The van der Waals surface area contributed by atoms with Gasteiger partial charge in [0.15, 0.2) is 5.96 Å². The lowest BCUT2D eigenvalue weighted by Crippen LogP contribution is -2.58. The summed E-state index contributed by atoms with van der Waals surface area (Å²) in [7, 11) is 1.78. The van der Waals surface area contributed by atoms with Crippen molar-refractivity contribution < 1.29 is 9.84 Å². The van der Waals surface area contributed by atoms with Gasteiger partial charge in [-0.2, -0.15) is 0 Å². The molecular weight excluding hydrogens is 388 g/mol. The molecular formula is C25H36N4O2. The van der Waals surface area contributed by atoms with E-state index in [9.17, 15) is 5.11 Å². The molecule has 168 valence electrons. The maximum absolute atomic E-state index is 9.82. The van der Waals surface area contributed by atoms with Crippen molar-refractivity contribution >= 4 is 5.96 Å². The Hall–Kier alpha value is -2.41. The van der Waals surface area contributed by atoms with E-state index in [1.54, 1.807) is 7.05 Å². The number of ether oxygens (including phenoxy) is 1. The fourth-order valence-electron chi connectivity index (χ4n) is 4.13. The van der Waals surface area contributed by atoms with E-state index in [0.29, 0.717) is 6.54 Å². The van der Waals surface area contributed by atoms with Crippen LogP contribution in [0.5, 0.6) is 0 Å². The lowest BCUT2D eigenvalue weighted by molar-refractivity contribution is 0.0355. The minimum absolute atomic E-state index is 0.0213. The van der Waals surface area contributed by atoms with Crippen molar-refractivity contribution in [3.05, 3.63) is 71.8 Å². The average molecular weight is 425 g/mol. The van der Waals surface area contributed by atoms with Crippen LogP contribution in [0.3, 0.4) is 0 Å². The maximum Gasteiger partial charge on any atom is 0.191 e. The van der Waals surface area contributed by atoms with Gasteiger partial charge >= 0.3 is 0 Å². The molecule has 2 atom stereocenters. The summed E-state index contributed by atoms with van der Waals surface area (Å²) in [6, 6.07) is 20.9. The van der Waals surface area contributed by atoms with E-state index >= 15 is 0 Å². The topological polar surface area (TPSA) is 77.9 Å². The number of nitrogens with zero attached hydrogens (tertiary/aromatic N) is 1. The molecule has 2 aromatic rings. The Bertz CT molecular complexity index is 792. The standard InChI is InChI=1S/C25H36N4O2/c1-20(21-9-5-3-6-10-21)29-25(13-15-31-16-14-25)19-28-24(26-2)27-17-23(18-30)22-11-7-4-8-12-22/h3-12,20,23,29-30H,13-19H2,1-2H3,(H2,26,27,28). The minimum atomic E-state index is -0.0685. The van der Waals surface area contributed by atoms with Gasteiger partial charge in [-0.1, -0.05) is 60.7 Å². The molecule has 0 bridgehead atoms. The van der Waals surface area contributed by atoms with Gasteiger partial charge in [-0.15, -0.1) is 0 Å². The molecule has 0 aromatic heterocycles. The smallest absolute Gasteiger partial charge is 0.191 e. The summed E-state index contributed by atoms with van der Waals surface area (Å²) in [6.07, 6.45) is 1.88. The second kappa shape index (κ2) is 11.8. The van der Waals surface area contributed by atoms with Crippen LogP contribution in [0.1, 0.15) is 42.9 Å². The number of guanidine groups is 1. The number of nitrogens with one attached hydrogen (secondary N) is 3. The van der Waals surface area contributed by atoms with Gasteiger partial charge in [-0.05, 0) is 30.9 Å². The van der Waals surface area contributed by atoms with Gasteiger partial charge in [-0.3, -0.25) is 4.99 Å². The van der Waals surface area contributed by atoms with E-state index in [0.717, 1.165) is 44.1 Å². The van der Waals surface area contributed by atoms with Gasteiger partial charge in [0, 0.05) is 50.8 Å². The first-order valence-electron chi connectivity index (χ1n) is 11.2. The number of hydrogen-bond donors (Lipinski definition) is 4. The van der Waals surface area contributed by atoms with E-state index in [1.807, 2.05) is 36.4 Å². The average Bonchev–Trinajstić information content (AvgIpc) is 2.83. The number of benzene rings is 2. The summed E-state index contributed by atoms with van der Waals surface area (Å²) in [6.45, 7) is 5.18. The lowest BCUT2D eigenvalue weighted by Gasteiger charge is -2.41. The minimum Gasteiger partial charge on any atom is -0.396 e. The highest BCUT2D eigenvalue weighted by molar-refractivity contribution is 5.79. The summed E-state index contributed by atoms with van der Waals surface area (Å²) in [5, 5.41) is 20.6. The zero-order valence-corrected chi connectivity index (χ0v) is 18.7. The van der Waals surface area contributed by atoms with Crippen LogP contribution in [0.15, 0.2) is 65.7 Å². The molecule has 0 saturated carbocycles. The van der Waals surface area contributed by atoms with Crippen LogP contribution in [-0.2, 0) is 4.74 Å². The van der Waals surface area contributed by atoms with Gasteiger partial charge in [0.25, 0.3) is 0 Å². The molecule has 31 heavy (non-hydrogen) atoms. The Kier molecular flexibility index (Phi) is 8.88. The molecule has 1 saturated heterocycles. The van der Waals surface area contributed by atoms with E-state index in [2.05, 4.69) is 52.1 Å². The largest absolute Gasteiger partial charge is 0.396 e. The number of rotatable bonds is 9. The second-order valence-corrected chi connectivity index (χ2v) is 8.27.